The molecule has 148 valence electrons. The van der Waals surface area contributed by atoms with E-state index in [0.29, 0.717) is 41.9 Å². The molecule has 1 fully saturated rings. The van der Waals surface area contributed by atoms with E-state index in [1.165, 1.54) is 7.11 Å². The fourth-order valence-electron chi connectivity index (χ4n) is 3.50. The lowest BCUT2D eigenvalue weighted by atomic mass is 9.83. The monoisotopic (exact) mass is 382 g/mol. The van der Waals surface area contributed by atoms with Crippen LogP contribution in [0.4, 0.5) is 0 Å². The Morgan fingerprint density at radius 1 is 0.786 bits per heavy atom. The first-order valence-corrected chi connectivity index (χ1v) is 9.69. The molecule has 0 unspecified atom stereocenters. The lowest BCUT2D eigenvalue weighted by molar-refractivity contribution is 0.0295. The number of carbonyl (C=O) groups is 2. The number of para-hydroxylation sites is 1. The summed E-state index contributed by atoms with van der Waals surface area (Å²) in [5.41, 5.74) is 1.03. The van der Waals surface area contributed by atoms with Gasteiger partial charge in [0, 0.05) is 0 Å². The minimum atomic E-state index is -0.351. The first-order chi connectivity index (χ1) is 13.7. The number of ether oxygens (including phenoxy) is 3. The largest absolute Gasteiger partial charge is 0.496 e. The molecule has 0 aromatic heterocycles. The first kappa shape index (κ1) is 19.9. The van der Waals surface area contributed by atoms with E-state index >= 15 is 0 Å². The van der Waals surface area contributed by atoms with E-state index < -0.39 is 0 Å². The summed E-state index contributed by atoms with van der Waals surface area (Å²) >= 11 is 0. The van der Waals surface area contributed by atoms with E-state index in [1.54, 1.807) is 30.3 Å². The molecule has 5 heteroatoms. The van der Waals surface area contributed by atoms with Crippen molar-refractivity contribution in [1.29, 1.82) is 0 Å². The second kappa shape index (κ2) is 9.93. The Kier molecular flexibility index (Phi) is 7.06. The Labute approximate surface area is 165 Å². The summed E-state index contributed by atoms with van der Waals surface area (Å²) in [4.78, 5) is 24.3. The van der Waals surface area contributed by atoms with E-state index in [0.717, 1.165) is 25.7 Å². The predicted octanol–water partition coefficient (Wildman–Crippen LogP) is 4.52. The van der Waals surface area contributed by atoms with Gasteiger partial charge < -0.3 is 14.2 Å². The Balaban J connectivity index is 1.38. The van der Waals surface area contributed by atoms with Gasteiger partial charge in [-0.3, -0.25) is 0 Å². The summed E-state index contributed by atoms with van der Waals surface area (Å²) in [5, 5.41) is 0. The Hall–Kier alpha value is -2.82. The maximum atomic E-state index is 12.3. The maximum absolute atomic E-state index is 12.3. The molecule has 1 aliphatic rings. The Bertz CT molecular complexity index is 779. The number of hydrogen-bond acceptors (Lipinski definition) is 5. The van der Waals surface area contributed by atoms with Crippen molar-refractivity contribution < 1.29 is 23.8 Å². The molecule has 0 atom stereocenters. The van der Waals surface area contributed by atoms with Gasteiger partial charge >= 0.3 is 11.9 Å². The van der Waals surface area contributed by atoms with Gasteiger partial charge in [0.05, 0.1) is 25.9 Å². The van der Waals surface area contributed by atoms with Crippen molar-refractivity contribution in [3.05, 3.63) is 65.7 Å². The van der Waals surface area contributed by atoms with E-state index in [1.807, 2.05) is 24.3 Å². The molecule has 1 saturated carbocycles. The number of methoxy groups -OCH3 is 1. The van der Waals surface area contributed by atoms with Gasteiger partial charge in [-0.15, -0.1) is 0 Å². The molecule has 0 heterocycles. The predicted molar refractivity (Wildman–Crippen MR) is 105 cm³/mol. The van der Waals surface area contributed by atoms with Crippen molar-refractivity contribution in [2.45, 2.75) is 25.7 Å². The third kappa shape index (κ3) is 5.35. The molecule has 28 heavy (non-hydrogen) atoms. The zero-order chi connectivity index (χ0) is 19.8. The number of carbonyl (C=O) groups excluding carboxylic acids is 2. The molecule has 0 amide bonds. The van der Waals surface area contributed by atoms with E-state index in [-0.39, 0.29) is 11.9 Å². The maximum Gasteiger partial charge on any atom is 0.341 e. The van der Waals surface area contributed by atoms with Crippen molar-refractivity contribution in [2.75, 3.05) is 20.3 Å². The van der Waals surface area contributed by atoms with Gasteiger partial charge in [0.2, 0.25) is 0 Å². The van der Waals surface area contributed by atoms with Crippen LogP contribution in [0.3, 0.4) is 0 Å². The van der Waals surface area contributed by atoms with E-state index in [9.17, 15) is 9.59 Å². The van der Waals surface area contributed by atoms with Crippen LogP contribution < -0.4 is 4.74 Å². The van der Waals surface area contributed by atoms with Crippen LogP contribution in [0.5, 0.6) is 5.75 Å². The van der Waals surface area contributed by atoms with Crippen LogP contribution in [0.15, 0.2) is 54.6 Å². The van der Waals surface area contributed by atoms with Crippen molar-refractivity contribution in [3.8, 4) is 5.75 Å². The van der Waals surface area contributed by atoms with E-state index in [2.05, 4.69) is 0 Å². The molecule has 0 bridgehead atoms. The van der Waals surface area contributed by atoms with Crippen LogP contribution in [-0.4, -0.2) is 32.3 Å². The van der Waals surface area contributed by atoms with Gasteiger partial charge in [-0.2, -0.15) is 0 Å². The molecular weight excluding hydrogens is 356 g/mol. The second-order valence-corrected chi connectivity index (χ2v) is 7.15. The highest BCUT2D eigenvalue weighted by molar-refractivity contribution is 5.92. The summed E-state index contributed by atoms with van der Waals surface area (Å²) in [6, 6.07) is 16.1. The third-order valence-corrected chi connectivity index (χ3v) is 5.20. The van der Waals surface area contributed by atoms with Gasteiger partial charge in [0.1, 0.15) is 11.3 Å². The molecule has 2 aromatic carbocycles. The average molecular weight is 382 g/mol. The van der Waals surface area contributed by atoms with E-state index in [4.69, 9.17) is 14.2 Å². The summed E-state index contributed by atoms with van der Waals surface area (Å²) in [7, 11) is 1.54. The lowest BCUT2D eigenvalue weighted by Gasteiger charge is -2.27. The first-order valence-electron chi connectivity index (χ1n) is 9.69. The van der Waals surface area contributed by atoms with Crippen molar-refractivity contribution in [2.24, 2.45) is 11.8 Å². The van der Waals surface area contributed by atoms with Crippen LogP contribution in [0.1, 0.15) is 46.4 Å². The van der Waals surface area contributed by atoms with Gasteiger partial charge in [-0.05, 0) is 61.8 Å². The average Bonchev–Trinajstić information content (AvgIpc) is 2.77. The summed E-state index contributed by atoms with van der Waals surface area (Å²) in [5.74, 6) is 0.620. The number of rotatable bonds is 7. The SMILES string of the molecule is COc1ccccc1C(=O)OCC1CCC(COC(=O)c2ccccc2)CC1. The minimum Gasteiger partial charge on any atom is -0.496 e. The normalized spacial score (nSPS) is 18.9. The van der Waals surface area contributed by atoms with Gasteiger partial charge in [0.15, 0.2) is 0 Å². The van der Waals surface area contributed by atoms with Crippen LogP contribution in [0, 0.1) is 11.8 Å². The molecule has 3 rings (SSSR count). The lowest BCUT2D eigenvalue weighted by Crippen LogP contribution is -2.24. The summed E-state index contributed by atoms with van der Waals surface area (Å²) in [6.07, 6.45) is 3.87. The highest BCUT2D eigenvalue weighted by Crippen LogP contribution is 2.30. The number of benzene rings is 2. The molecule has 5 nitrogen and oxygen atoms in total. The molecule has 2 aromatic rings. The summed E-state index contributed by atoms with van der Waals surface area (Å²) in [6.45, 7) is 0.856. The van der Waals surface area contributed by atoms with Crippen molar-refractivity contribution in [1.82, 2.24) is 0 Å². The van der Waals surface area contributed by atoms with Crippen LogP contribution >= 0.6 is 0 Å². The molecule has 0 saturated heterocycles. The van der Waals surface area contributed by atoms with Crippen LogP contribution in [0.2, 0.25) is 0 Å². The second-order valence-electron chi connectivity index (χ2n) is 7.15. The fraction of sp³-hybridized carbons (Fsp3) is 0.391. The zero-order valence-electron chi connectivity index (χ0n) is 16.1. The zero-order valence-corrected chi connectivity index (χ0v) is 16.1. The molecule has 1 aliphatic carbocycles. The smallest absolute Gasteiger partial charge is 0.341 e. The number of hydrogen-bond donors (Lipinski definition) is 0. The quantitative estimate of drug-likeness (QED) is 0.659. The molecule has 0 N–H and O–H groups in total. The Morgan fingerprint density at radius 3 is 1.93 bits per heavy atom. The third-order valence-electron chi connectivity index (χ3n) is 5.20. The topological polar surface area (TPSA) is 61.8 Å². The van der Waals surface area contributed by atoms with Crippen molar-refractivity contribution in [3.63, 3.8) is 0 Å². The van der Waals surface area contributed by atoms with Gasteiger partial charge in [-0.25, -0.2) is 9.59 Å². The Morgan fingerprint density at radius 2 is 1.32 bits per heavy atom. The van der Waals surface area contributed by atoms with Gasteiger partial charge in [0.25, 0.3) is 0 Å². The molecular formula is C23H26O5. The number of esters is 2. The van der Waals surface area contributed by atoms with Crippen molar-refractivity contribution >= 4 is 11.9 Å². The standard InChI is InChI=1S/C23H26O5/c1-26-21-10-6-5-9-20(21)23(25)28-16-18-13-11-17(12-14-18)15-27-22(24)19-7-3-2-4-8-19/h2-10,17-18H,11-16H2,1H3. The molecule has 0 aliphatic heterocycles. The van der Waals surface area contributed by atoms with Crippen LogP contribution in [0.25, 0.3) is 0 Å². The summed E-state index contributed by atoms with van der Waals surface area (Å²) < 4.78 is 16.2. The van der Waals surface area contributed by atoms with Gasteiger partial charge in [-0.1, -0.05) is 30.3 Å². The highest BCUT2D eigenvalue weighted by Gasteiger charge is 2.24. The fourth-order valence-corrected chi connectivity index (χ4v) is 3.50. The highest BCUT2D eigenvalue weighted by atomic mass is 16.5. The van der Waals surface area contributed by atoms with Crippen LogP contribution in [-0.2, 0) is 9.47 Å². The minimum absolute atomic E-state index is 0.270. The molecule has 0 spiro atoms. The molecule has 0 radical (unpaired) electrons.